The van der Waals surface area contributed by atoms with E-state index < -0.39 is 9.64 Å². The minimum absolute atomic E-state index is 0.322. The molecule has 1 aromatic rings. The highest BCUT2D eigenvalue weighted by Gasteiger charge is 1.74. The molecule has 0 amide bonds. The number of aromatic hydroxyl groups is 1. The summed E-state index contributed by atoms with van der Waals surface area (Å²) in [5.41, 5.74) is 0. The van der Waals surface area contributed by atoms with Crippen LogP contribution in [0.3, 0.4) is 0 Å². The summed E-state index contributed by atoms with van der Waals surface area (Å²) in [5.74, 6) is 0.322. The molecule has 0 heterocycles. The molecule has 1 unspecified atom stereocenters. The van der Waals surface area contributed by atoms with E-state index in [1.807, 2.05) is 6.07 Å². The molecule has 1 atom stereocenters. The first-order chi connectivity index (χ1) is 5.13. The molecule has 0 spiro atoms. The molecule has 1 rings (SSSR count). The Labute approximate surface area is 71.2 Å². The zero-order valence-corrected chi connectivity index (χ0v) is 7.26. The second-order valence-corrected chi connectivity index (χ2v) is 2.99. The van der Waals surface area contributed by atoms with Crippen molar-refractivity contribution in [1.82, 2.24) is 0 Å². The molecule has 11 heavy (non-hydrogen) atoms. The van der Waals surface area contributed by atoms with Crippen molar-refractivity contribution >= 4 is 20.8 Å². The smallest absolute Gasteiger partial charge is 0.130 e. The van der Waals surface area contributed by atoms with Crippen molar-refractivity contribution in [2.75, 3.05) is 0 Å². The summed E-state index contributed by atoms with van der Waals surface area (Å²) in [6, 6.07) is 8.71. The third kappa shape index (κ3) is 9.35. The zero-order valence-electron chi connectivity index (χ0n) is 5.54. The van der Waals surface area contributed by atoms with Crippen LogP contribution >= 0.6 is 0 Å². The molecule has 0 aromatic heterocycles. The summed E-state index contributed by atoms with van der Waals surface area (Å²) in [4.78, 5) is 0. The van der Waals surface area contributed by atoms with E-state index in [1.54, 1.807) is 24.3 Å². The highest BCUT2D eigenvalue weighted by molar-refractivity contribution is 8.18. The summed E-state index contributed by atoms with van der Waals surface area (Å²) in [7, 11) is -2.29. The third-order valence-electron chi connectivity index (χ3n) is 0.756. The van der Waals surface area contributed by atoms with Crippen LogP contribution in [-0.2, 0) is 20.8 Å². The molecule has 0 aliphatic heterocycles. The first-order valence-electron chi connectivity index (χ1n) is 2.70. The first-order valence-corrected chi connectivity index (χ1v) is 4.93. The number of hydrogen-bond donors (Lipinski definition) is 3. The largest absolute Gasteiger partial charge is 0.508 e. The van der Waals surface area contributed by atoms with E-state index >= 15 is 0 Å². The van der Waals surface area contributed by atoms with Crippen molar-refractivity contribution in [3.63, 3.8) is 0 Å². The average Bonchev–Trinajstić information content (AvgIpc) is 1.87. The fourth-order valence-corrected chi connectivity index (χ4v) is 0.428. The predicted octanol–water partition coefficient (Wildman–Crippen LogP) is 0.794. The van der Waals surface area contributed by atoms with Gasteiger partial charge in [-0.15, -0.1) is 0 Å². The fraction of sp³-hybridized carbons (Fsp3) is 0. The Morgan fingerprint density at radius 1 is 1.27 bits per heavy atom. The topological polar surface area (TPSA) is 57.5 Å². The van der Waals surface area contributed by atoms with Crippen molar-refractivity contribution in [3.05, 3.63) is 30.3 Å². The number of rotatable bonds is 0. The maximum absolute atomic E-state index is 8.96. The van der Waals surface area contributed by atoms with Gasteiger partial charge >= 0.3 is 0 Å². The van der Waals surface area contributed by atoms with Crippen molar-refractivity contribution in [3.8, 4) is 5.75 Å². The Bertz CT molecular complexity index is 248. The van der Waals surface area contributed by atoms with Crippen LogP contribution in [0, 0.1) is 0 Å². The fourth-order valence-electron chi connectivity index (χ4n) is 0.428. The lowest BCUT2D eigenvalue weighted by Gasteiger charge is -1.82. The molecular weight excluding hydrogens is 184 g/mol. The first kappa shape index (κ1) is 10.3. The van der Waals surface area contributed by atoms with E-state index in [4.69, 9.17) is 13.9 Å². The molecule has 5 heteroatoms. The van der Waals surface area contributed by atoms with Crippen LogP contribution in [0.5, 0.6) is 5.75 Å². The molecule has 3 nitrogen and oxygen atoms in total. The van der Waals surface area contributed by atoms with Crippen molar-refractivity contribution in [2.45, 2.75) is 0 Å². The van der Waals surface area contributed by atoms with Gasteiger partial charge in [-0.2, -0.15) is 0 Å². The average molecular weight is 192 g/mol. The lowest BCUT2D eigenvalue weighted by atomic mass is 10.3. The van der Waals surface area contributed by atoms with Crippen LogP contribution in [0.2, 0.25) is 0 Å². The Kier molecular flexibility index (Phi) is 5.73. The van der Waals surface area contributed by atoms with Gasteiger partial charge < -0.3 is 9.66 Å². The number of phenolic OH excluding ortho intramolecular Hbond substituents is 1. The minimum atomic E-state index is -2.29. The molecule has 62 valence electrons. The van der Waals surface area contributed by atoms with E-state index in [-0.39, 0.29) is 0 Å². The van der Waals surface area contributed by atoms with E-state index in [2.05, 4.69) is 11.2 Å². The molecular formula is C6H8O3S2. The summed E-state index contributed by atoms with van der Waals surface area (Å²) in [5, 5.41) is 8.63. The van der Waals surface area contributed by atoms with Gasteiger partial charge in [0.15, 0.2) is 0 Å². The molecule has 0 saturated carbocycles. The molecule has 0 radical (unpaired) electrons. The molecule has 0 saturated heterocycles. The lowest BCUT2D eigenvalue weighted by molar-refractivity contribution is 0.475. The van der Waals surface area contributed by atoms with Crippen LogP contribution in [0.4, 0.5) is 0 Å². The standard InChI is InChI=1S/C6H6O.H2O2S2/c7-6-4-2-1-3-5-6;1-4(2)3/h1-5,7H;4H,(H,1,2,3). The van der Waals surface area contributed by atoms with Gasteiger partial charge in [-0.1, -0.05) is 18.2 Å². The van der Waals surface area contributed by atoms with Crippen molar-refractivity contribution in [2.24, 2.45) is 0 Å². The van der Waals surface area contributed by atoms with Gasteiger partial charge in [0.25, 0.3) is 0 Å². The van der Waals surface area contributed by atoms with E-state index in [0.29, 0.717) is 5.75 Å². The maximum Gasteiger partial charge on any atom is 0.130 e. The summed E-state index contributed by atoms with van der Waals surface area (Å²) >= 11 is 3.69. The van der Waals surface area contributed by atoms with Crippen LogP contribution in [0.1, 0.15) is 0 Å². The molecule has 0 bridgehead atoms. The Morgan fingerprint density at radius 2 is 1.64 bits per heavy atom. The monoisotopic (exact) mass is 192 g/mol. The van der Waals surface area contributed by atoms with Gasteiger partial charge in [0.05, 0.1) is 0 Å². The van der Waals surface area contributed by atoms with Gasteiger partial charge in [-0.3, -0.25) is 0 Å². The minimum Gasteiger partial charge on any atom is -0.508 e. The van der Waals surface area contributed by atoms with E-state index in [0.717, 1.165) is 0 Å². The number of benzene rings is 1. The number of para-hydroxylation sites is 1. The number of phenols is 1. The van der Waals surface area contributed by atoms with Gasteiger partial charge in [0, 0.05) is 11.2 Å². The highest BCUT2D eigenvalue weighted by Crippen LogP contribution is 2.02. The maximum atomic E-state index is 8.96. The van der Waals surface area contributed by atoms with Gasteiger partial charge in [-0.05, 0) is 12.1 Å². The molecule has 0 aliphatic carbocycles. The molecule has 0 fully saturated rings. The van der Waals surface area contributed by atoms with Crippen molar-refractivity contribution < 1.29 is 13.9 Å². The Hall–Kier alpha value is -0.650. The number of hydrogen-bond acceptors (Lipinski definition) is 3. The quantitative estimate of drug-likeness (QED) is 0.532. The highest BCUT2D eigenvalue weighted by atomic mass is 32.8. The SMILES string of the molecule is O=[SH](O)=S.Oc1ccccc1. The summed E-state index contributed by atoms with van der Waals surface area (Å²) in [6.07, 6.45) is 0. The van der Waals surface area contributed by atoms with Gasteiger partial charge in [0.1, 0.15) is 15.4 Å². The zero-order chi connectivity index (χ0) is 8.69. The third-order valence-corrected chi connectivity index (χ3v) is 0.756. The van der Waals surface area contributed by atoms with E-state index in [9.17, 15) is 0 Å². The van der Waals surface area contributed by atoms with Gasteiger partial charge in [0.2, 0.25) is 0 Å². The van der Waals surface area contributed by atoms with Crippen LogP contribution in [0.15, 0.2) is 30.3 Å². The summed E-state index contributed by atoms with van der Waals surface area (Å²) in [6.45, 7) is 0. The second-order valence-electron chi connectivity index (χ2n) is 1.57. The Morgan fingerprint density at radius 3 is 1.82 bits per heavy atom. The summed E-state index contributed by atoms with van der Waals surface area (Å²) < 4.78 is 16.3. The van der Waals surface area contributed by atoms with E-state index in [1.165, 1.54) is 0 Å². The lowest BCUT2D eigenvalue weighted by Crippen LogP contribution is -1.56. The predicted molar refractivity (Wildman–Crippen MR) is 47.6 cm³/mol. The number of thiol groups is 1. The van der Waals surface area contributed by atoms with Gasteiger partial charge in [-0.25, -0.2) is 4.21 Å². The Balaban J connectivity index is 0.000000218. The molecule has 2 N–H and O–H groups in total. The normalized spacial score (nSPS) is 11.0. The second kappa shape index (κ2) is 6.09. The van der Waals surface area contributed by atoms with Crippen LogP contribution < -0.4 is 0 Å². The van der Waals surface area contributed by atoms with Crippen LogP contribution in [0.25, 0.3) is 0 Å². The molecule has 0 aliphatic rings. The van der Waals surface area contributed by atoms with Crippen LogP contribution in [-0.4, -0.2) is 13.9 Å². The van der Waals surface area contributed by atoms with Crippen molar-refractivity contribution in [1.29, 1.82) is 0 Å². The molecule has 1 aromatic carbocycles.